The maximum absolute atomic E-state index is 12.2. The number of amides is 1. The zero-order chi connectivity index (χ0) is 17.6. The number of likely N-dealkylation sites (tertiary alicyclic amines) is 1. The normalized spacial score (nSPS) is 18.3. The second-order valence-electron chi connectivity index (χ2n) is 7.60. The molecule has 1 atom stereocenters. The van der Waals surface area contributed by atoms with E-state index in [0.29, 0.717) is 18.4 Å². The lowest BCUT2D eigenvalue weighted by Crippen LogP contribution is -2.42. The number of hydrogen-bond acceptors (Lipinski definition) is 4. The van der Waals surface area contributed by atoms with E-state index in [1.165, 1.54) is 6.42 Å². The maximum atomic E-state index is 12.2. The average Bonchev–Trinajstić information content (AvgIpc) is 2.52. The standard InChI is InChI=1S/C19H30N2O3/c1-15-9-10-17(20-13-15)23-12-6-8-16-7-5-11-21(14-16)18(22)24-19(2,3)4/h9-10,13,16H,5-8,11-12,14H2,1-4H3/t16-/m0/s1. The number of carbonyl (C=O) groups excluding carboxylic acids is 1. The van der Waals surface area contributed by atoms with Crippen molar-refractivity contribution in [1.29, 1.82) is 0 Å². The molecule has 1 saturated heterocycles. The Kier molecular flexibility index (Phi) is 6.46. The van der Waals surface area contributed by atoms with Gasteiger partial charge in [-0.25, -0.2) is 9.78 Å². The fourth-order valence-electron chi connectivity index (χ4n) is 2.88. The van der Waals surface area contributed by atoms with E-state index in [4.69, 9.17) is 9.47 Å². The molecule has 1 aromatic rings. The van der Waals surface area contributed by atoms with Crippen molar-refractivity contribution in [3.05, 3.63) is 23.9 Å². The van der Waals surface area contributed by atoms with Gasteiger partial charge in [-0.2, -0.15) is 0 Å². The van der Waals surface area contributed by atoms with Gasteiger partial charge >= 0.3 is 6.09 Å². The van der Waals surface area contributed by atoms with Gasteiger partial charge in [-0.1, -0.05) is 6.07 Å². The summed E-state index contributed by atoms with van der Waals surface area (Å²) in [6.45, 7) is 9.98. The molecule has 0 N–H and O–H groups in total. The molecular formula is C19H30N2O3. The highest BCUT2D eigenvalue weighted by Gasteiger charge is 2.27. The molecule has 0 radical (unpaired) electrons. The minimum absolute atomic E-state index is 0.188. The highest BCUT2D eigenvalue weighted by molar-refractivity contribution is 5.68. The first kappa shape index (κ1) is 18.6. The van der Waals surface area contributed by atoms with Crippen LogP contribution in [0.25, 0.3) is 0 Å². The van der Waals surface area contributed by atoms with Gasteiger partial charge in [0.25, 0.3) is 0 Å². The second-order valence-corrected chi connectivity index (χ2v) is 7.60. The molecule has 0 aromatic carbocycles. The Balaban J connectivity index is 1.69. The fourth-order valence-corrected chi connectivity index (χ4v) is 2.88. The van der Waals surface area contributed by atoms with Crippen LogP contribution in [0, 0.1) is 12.8 Å². The summed E-state index contributed by atoms with van der Waals surface area (Å²) in [6, 6.07) is 3.91. The first-order valence-corrected chi connectivity index (χ1v) is 8.87. The van der Waals surface area contributed by atoms with Crippen molar-refractivity contribution in [1.82, 2.24) is 9.88 Å². The van der Waals surface area contributed by atoms with Gasteiger partial charge in [-0.15, -0.1) is 0 Å². The Morgan fingerprint density at radius 3 is 2.83 bits per heavy atom. The molecule has 2 heterocycles. The van der Waals surface area contributed by atoms with Crippen molar-refractivity contribution in [3.8, 4) is 5.88 Å². The van der Waals surface area contributed by atoms with E-state index in [9.17, 15) is 4.79 Å². The lowest BCUT2D eigenvalue weighted by atomic mass is 9.94. The van der Waals surface area contributed by atoms with Crippen LogP contribution in [0.1, 0.15) is 52.0 Å². The van der Waals surface area contributed by atoms with Crippen LogP contribution in [0.15, 0.2) is 18.3 Å². The van der Waals surface area contributed by atoms with Crippen molar-refractivity contribution in [2.45, 2.75) is 59.0 Å². The quantitative estimate of drug-likeness (QED) is 0.757. The van der Waals surface area contributed by atoms with E-state index in [1.54, 1.807) is 0 Å². The van der Waals surface area contributed by atoms with E-state index in [2.05, 4.69) is 4.98 Å². The van der Waals surface area contributed by atoms with E-state index >= 15 is 0 Å². The van der Waals surface area contributed by atoms with E-state index in [0.717, 1.165) is 37.9 Å². The van der Waals surface area contributed by atoms with Gasteiger partial charge in [0, 0.05) is 25.4 Å². The van der Waals surface area contributed by atoms with Crippen LogP contribution >= 0.6 is 0 Å². The van der Waals surface area contributed by atoms with Crippen LogP contribution in [-0.2, 0) is 4.74 Å². The number of aromatic nitrogens is 1. The summed E-state index contributed by atoms with van der Waals surface area (Å²) in [5.74, 6) is 1.21. The molecule has 1 fully saturated rings. The van der Waals surface area contributed by atoms with E-state index < -0.39 is 5.60 Å². The molecule has 0 spiro atoms. The van der Waals surface area contributed by atoms with Crippen LogP contribution in [0.2, 0.25) is 0 Å². The van der Waals surface area contributed by atoms with Crippen LogP contribution in [0.3, 0.4) is 0 Å². The minimum atomic E-state index is -0.432. The molecule has 1 aliphatic rings. The molecule has 0 bridgehead atoms. The van der Waals surface area contributed by atoms with Crippen molar-refractivity contribution in [3.63, 3.8) is 0 Å². The summed E-state index contributed by atoms with van der Waals surface area (Å²) in [5.41, 5.74) is 0.700. The fraction of sp³-hybridized carbons (Fsp3) is 0.684. The molecule has 5 heteroatoms. The van der Waals surface area contributed by atoms with Crippen molar-refractivity contribution < 1.29 is 14.3 Å². The number of carbonyl (C=O) groups is 1. The number of ether oxygens (including phenoxy) is 2. The Hall–Kier alpha value is -1.78. The molecular weight excluding hydrogens is 304 g/mol. The Morgan fingerprint density at radius 1 is 1.38 bits per heavy atom. The summed E-state index contributed by atoms with van der Waals surface area (Å²) in [4.78, 5) is 18.3. The maximum Gasteiger partial charge on any atom is 0.410 e. The SMILES string of the molecule is Cc1ccc(OCCC[C@@H]2CCCN(C(=O)OC(C)(C)C)C2)nc1. The van der Waals surface area contributed by atoms with Crippen molar-refractivity contribution in [2.75, 3.05) is 19.7 Å². The molecule has 0 unspecified atom stereocenters. The zero-order valence-electron chi connectivity index (χ0n) is 15.4. The third-order valence-electron chi connectivity index (χ3n) is 4.06. The topological polar surface area (TPSA) is 51.7 Å². The van der Waals surface area contributed by atoms with Gasteiger partial charge in [0.2, 0.25) is 5.88 Å². The summed E-state index contributed by atoms with van der Waals surface area (Å²) < 4.78 is 11.1. The van der Waals surface area contributed by atoms with E-state index in [-0.39, 0.29) is 6.09 Å². The average molecular weight is 334 g/mol. The van der Waals surface area contributed by atoms with Crippen LogP contribution in [0.4, 0.5) is 4.79 Å². The molecule has 2 rings (SSSR count). The van der Waals surface area contributed by atoms with Gasteiger partial charge in [0.1, 0.15) is 5.60 Å². The second kappa shape index (κ2) is 8.36. The number of hydrogen-bond donors (Lipinski definition) is 0. The highest BCUT2D eigenvalue weighted by atomic mass is 16.6. The molecule has 134 valence electrons. The zero-order valence-corrected chi connectivity index (χ0v) is 15.4. The molecule has 1 aromatic heterocycles. The Labute approximate surface area is 145 Å². The van der Waals surface area contributed by atoms with Crippen LogP contribution in [-0.4, -0.2) is 41.3 Å². The predicted octanol–water partition coefficient (Wildman–Crippen LogP) is 4.20. The summed E-state index contributed by atoms with van der Waals surface area (Å²) in [7, 11) is 0. The predicted molar refractivity (Wildman–Crippen MR) is 94.2 cm³/mol. The lowest BCUT2D eigenvalue weighted by molar-refractivity contribution is 0.0159. The van der Waals surface area contributed by atoms with Gasteiger partial charge in [0.15, 0.2) is 0 Å². The van der Waals surface area contributed by atoms with Crippen LogP contribution in [0.5, 0.6) is 5.88 Å². The third kappa shape index (κ3) is 6.38. The van der Waals surface area contributed by atoms with E-state index in [1.807, 2.05) is 50.9 Å². The van der Waals surface area contributed by atoms with Gasteiger partial charge in [-0.05, 0) is 64.9 Å². The van der Waals surface area contributed by atoms with Crippen molar-refractivity contribution >= 4 is 6.09 Å². The molecule has 0 saturated carbocycles. The Bertz CT molecular complexity index is 522. The minimum Gasteiger partial charge on any atom is -0.478 e. The largest absolute Gasteiger partial charge is 0.478 e. The number of pyridine rings is 1. The van der Waals surface area contributed by atoms with Gasteiger partial charge in [-0.3, -0.25) is 0 Å². The summed E-state index contributed by atoms with van der Waals surface area (Å²) >= 11 is 0. The van der Waals surface area contributed by atoms with Gasteiger partial charge in [0.05, 0.1) is 6.61 Å². The third-order valence-corrected chi connectivity index (χ3v) is 4.06. The number of nitrogens with zero attached hydrogens (tertiary/aromatic N) is 2. The summed E-state index contributed by atoms with van der Waals surface area (Å²) in [5, 5.41) is 0. The van der Waals surface area contributed by atoms with Crippen molar-refractivity contribution in [2.24, 2.45) is 5.92 Å². The van der Waals surface area contributed by atoms with Gasteiger partial charge < -0.3 is 14.4 Å². The lowest BCUT2D eigenvalue weighted by Gasteiger charge is -2.34. The van der Waals surface area contributed by atoms with Crippen LogP contribution < -0.4 is 4.74 Å². The smallest absolute Gasteiger partial charge is 0.410 e. The number of piperidine rings is 1. The Morgan fingerprint density at radius 2 is 2.17 bits per heavy atom. The first-order valence-electron chi connectivity index (χ1n) is 8.87. The molecule has 1 aliphatic heterocycles. The highest BCUT2D eigenvalue weighted by Crippen LogP contribution is 2.23. The molecule has 5 nitrogen and oxygen atoms in total. The first-order chi connectivity index (χ1) is 11.3. The number of aryl methyl sites for hydroxylation is 1. The molecule has 24 heavy (non-hydrogen) atoms. The monoisotopic (exact) mass is 334 g/mol. The number of rotatable bonds is 5. The molecule has 1 amide bonds. The summed E-state index contributed by atoms with van der Waals surface area (Å²) in [6.07, 6.45) is 5.88. The molecule has 0 aliphatic carbocycles.